The molecule has 0 aromatic rings. The van der Waals surface area contributed by atoms with Crippen LogP contribution in [0.25, 0.3) is 0 Å². The SMILES string of the molecule is CC(C)(C)CC(C)(C)NC(=O)NCC(C)(O)CC(=O)O. The lowest BCUT2D eigenvalue weighted by Gasteiger charge is -2.33. The number of aliphatic carboxylic acids is 1. The first-order valence-corrected chi connectivity index (χ1v) is 6.73. The van der Waals surface area contributed by atoms with E-state index in [4.69, 9.17) is 5.11 Å². The second kappa shape index (κ2) is 6.43. The monoisotopic (exact) mass is 288 g/mol. The van der Waals surface area contributed by atoms with Crippen LogP contribution < -0.4 is 10.6 Å². The molecular formula is C14H28N2O4. The van der Waals surface area contributed by atoms with Gasteiger partial charge in [-0.1, -0.05) is 20.8 Å². The maximum absolute atomic E-state index is 11.8. The average molecular weight is 288 g/mol. The number of nitrogens with one attached hydrogen (secondary N) is 2. The van der Waals surface area contributed by atoms with Gasteiger partial charge in [-0.3, -0.25) is 4.79 Å². The number of amides is 2. The Labute approximate surface area is 120 Å². The number of rotatable bonds is 6. The highest BCUT2D eigenvalue weighted by Crippen LogP contribution is 2.26. The molecule has 0 aromatic carbocycles. The predicted octanol–water partition coefficient (Wildman–Crippen LogP) is 1.73. The minimum Gasteiger partial charge on any atom is -0.481 e. The van der Waals surface area contributed by atoms with Crippen molar-refractivity contribution in [2.75, 3.05) is 6.54 Å². The van der Waals surface area contributed by atoms with Crippen LogP contribution in [0.5, 0.6) is 0 Å². The van der Waals surface area contributed by atoms with Crippen LogP contribution in [0.3, 0.4) is 0 Å². The van der Waals surface area contributed by atoms with E-state index in [2.05, 4.69) is 31.4 Å². The van der Waals surface area contributed by atoms with Gasteiger partial charge in [0, 0.05) is 12.1 Å². The first kappa shape index (κ1) is 18.7. The second-order valence-electron chi connectivity index (χ2n) is 7.50. The van der Waals surface area contributed by atoms with Gasteiger partial charge < -0.3 is 20.8 Å². The zero-order valence-corrected chi connectivity index (χ0v) is 13.3. The van der Waals surface area contributed by atoms with E-state index >= 15 is 0 Å². The largest absolute Gasteiger partial charge is 0.481 e. The molecule has 118 valence electrons. The number of hydrogen-bond acceptors (Lipinski definition) is 3. The Morgan fingerprint density at radius 1 is 1.05 bits per heavy atom. The van der Waals surface area contributed by atoms with Crippen LogP contribution in [0.1, 0.15) is 54.4 Å². The Hall–Kier alpha value is -1.30. The fourth-order valence-corrected chi connectivity index (χ4v) is 2.38. The molecule has 1 unspecified atom stereocenters. The summed E-state index contributed by atoms with van der Waals surface area (Å²) in [5.41, 5.74) is -1.77. The molecule has 0 aliphatic heterocycles. The maximum Gasteiger partial charge on any atom is 0.315 e. The zero-order valence-electron chi connectivity index (χ0n) is 13.3. The summed E-state index contributed by atoms with van der Waals surface area (Å²) in [4.78, 5) is 22.4. The molecule has 6 nitrogen and oxygen atoms in total. The Kier molecular flexibility index (Phi) is 6.02. The number of carbonyl (C=O) groups excluding carboxylic acids is 1. The molecule has 0 heterocycles. The van der Waals surface area contributed by atoms with Crippen LogP contribution >= 0.6 is 0 Å². The van der Waals surface area contributed by atoms with E-state index in [9.17, 15) is 14.7 Å². The predicted molar refractivity (Wildman–Crippen MR) is 77.6 cm³/mol. The lowest BCUT2D eigenvalue weighted by atomic mass is 9.82. The number of carbonyl (C=O) groups is 2. The van der Waals surface area contributed by atoms with Gasteiger partial charge in [0.2, 0.25) is 0 Å². The summed E-state index contributed by atoms with van der Waals surface area (Å²) in [6.45, 7) is 11.4. The molecule has 1 atom stereocenters. The van der Waals surface area contributed by atoms with Crippen LogP contribution in [-0.4, -0.2) is 39.9 Å². The van der Waals surface area contributed by atoms with Crippen LogP contribution in [0, 0.1) is 5.41 Å². The highest BCUT2D eigenvalue weighted by Gasteiger charge is 2.29. The smallest absolute Gasteiger partial charge is 0.315 e. The van der Waals surface area contributed by atoms with Gasteiger partial charge in [-0.05, 0) is 32.6 Å². The van der Waals surface area contributed by atoms with Crippen molar-refractivity contribution in [1.82, 2.24) is 10.6 Å². The number of urea groups is 1. The maximum atomic E-state index is 11.8. The first-order valence-electron chi connectivity index (χ1n) is 6.73. The Balaban J connectivity index is 4.33. The number of carboxylic acid groups (broad SMARTS) is 1. The van der Waals surface area contributed by atoms with Gasteiger partial charge in [-0.25, -0.2) is 4.79 Å². The summed E-state index contributed by atoms with van der Waals surface area (Å²) in [6, 6.07) is -0.412. The van der Waals surface area contributed by atoms with E-state index in [1.165, 1.54) is 6.92 Å². The highest BCUT2D eigenvalue weighted by atomic mass is 16.4. The standard InChI is InChI=1S/C14H28N2O4/c1-12(2,3)8-13(4,5)16-11(19)15-9-14(6,20)7-10(17)18/h20H,7-9H2,1-6H3,(H,17,18)(H2,15,16,19). The third-order valence-electron chi connectivity index (χ3n) is 2.59. The quantitative estimate of drug-likeness (QED) is 0.598. The minimum absolute atomic E-state index is 0.0750. The Morgan fingerprint density at radius 3 is 1.95 bits per heavy atom. The summed E-state index contributed by atoms with van der Waals surface area (Å²) in [5, 5.41) is 23.8. The van der Waals surface area contributed by atoms with Crippen molar-refractivity contribution in [2.24, 2.45) is 5.41 Å². The number of carboxylic acids is 1. The Morgan fingerprint density at radius 2 is 1.55 bits per heavy atom. The summed E-state index contributed by atoms with van der Waals surface area (Å²) >= 11 is 0. The van der Waals surface area contributed by atoms with Crippen molar-refractivity contribution in [2.45, 2.75) is 65.5 Å². The fourth-order valence-electron chi connectivity index (χ4n) is 2.38. The van der Waals surface area contributed by atoms with E-state index in [1.54, 1.807) is 0 Å². The van der Waals surface area contributed by atoms with Crippen LogP contribution in [0.15, 0.2) is 0 Å². The minimum atomic E-state index is -1.46. The number of hydrogen-bond donors (Lipinski definition) is 4. The van der Waals surface area contributed by atoms with Crippen molar-refractivity contribution in [3.63, 3.8) is 0 Å². The van der Waals surface area contributed by atoms with Crippen LogP contribution in [0.4, 0.5) is 4.79 Å². The second-order valence-corrected chi connectivity index (χ2v) is 7.50. The van der Waals surface area contributed by atoms with E-state index in [0.29, 0.717) is 0 Å². The lowest BCUT2D eigenvalue weighted by molar-refractivity contribution is -0.141. The third-order valence-corrected chi connectivity index (χ3v) is 2.59. The Bertz CT molecular complexity index is 357. The summed E-state index contributed by atoms with van der Waals surface area (Å²) in [5.74, 6) is -1.11. The van der Waals surface area contributed by atoms with Gasteiger partial charge in [0.05, 0.1) is 12.0 Å². The molecule has 0 bridgehead atoms. The molecule has 0 saturated carbocycles. The van der Waals surface area contributed by atoms with Crippen molar-refractivity contribution in [3.05, 3.63) is 0 Å². The van der Waals surface area contributed by atoms with E-state index in [0.717, 1.165) is 6.42 Å². The van der Waals surface area contributed by atoms with E-state index in [-0.39, 0.29) is 17.5 Å². The molecule has 0 spiro atoms. The number of aliphatic hydroxyl groups is 1. The molecule has 0 radical (unpaired) electrons. The summed E-state index contributed by atoms with van der Waals surface area (Å²) in [6.07, 6.45) is 0.373. The van der Waals surface area contributed by atoms with Crippen molar-refractivity contribution in [3.8, 4) is 0 Å². The molecule has 0 aromatic heterocycles. The molecule has 6 heteroatoms. The molecule has 4 N–H and O–H groups in total. The van der Waals surface area contributed by atoms with Gasteiger partial charge in [-0.15, -0.1) is 0 Å². The normalized spacial score (nSPS) is 15.3. The molecule has 2 amide bonds. The fraction of sp³-hybridized carbons (Fsp3) is 0.857. The molecular weight excluding hydrogens is 260 g/mol. The van der Waals surface area contributed by atoms with Crippen molar-refractivity contribution in [1.29, 1.82) is 0 Å². The van der Waals surface area contributed by atoms with E-state index < -0.39 is 24.0 Å². The molecule has 0 aliphatic rings. The first-order chi connectivity index (χ1) is 8.72. The van der Waals surface area contributed by atoms with Crippen LogP contribution in [-0.2, 0) is 4.79 Å². The van der Waals surface area contributed by atoms with Crippen molar-refractivity contribution >= 4 is 12.0 Å². The van der Waals surface area contributed by atoms with Crippen molar-refractivity contribution < 1.29 is 19.8 Å². The molecule has 0 rings (SSSR count). The van der Waals surface area contributed by atoms with Gasteiger partial charge in [-0.2, -0.15) is 0 Å². The highest BCUT2D eigenvalue weighted by molar-refractivity contribution is 5.75. The van der Waals surface area contributed by atoms with Gasteiger partial charge in [0.15, 0.2) is 0 Å². The molecule has 20 heavy (non-hydrogen) atoms. The zero-order chi connectivity index (χ0) is 16.2. The molecule has 0 aliphatic carbocycles. The lowest BCUT2D eigenvalue weighted by Crippen LogP contribution is -2.52. The van der Waals surface area contributed by atoms with E-state index in [1.807, 2.05) is 13.8 Å². The molecule has 0 saturated heterocycles. The average Bonchev–Trinajstić information content (AvgIpc) is 2.07. The third kappa shape index (κ3) is 9.61. The summed E-state index contributed by atoms with van der Waals surface area (Å²) < 4.78 is 0. The van der Waals surface area contributed by atoms with Gasteiger partial charge in [0.1, 0.15) is 0 Å². The topological polar surface area (TPSA) is 98.7 Å². The van der Waals surface area contributed by atoms with Gasteiger partial charge in [0.25, 0.3) is 0 Å². The van der Waals surface area contributed by atoms with Crippen LogP contribution in [0.2, 0.25) is 0 Å². The van der Waals surface area contributed by atoms with Gasteiger partial charge >= 0.3 is 12.0 Å². The summed E-state index contributed by atoms with van der Waals surface area (Å²) in [7, 11) is 0. The molecule has 0 fully saturated rings.